The Morgan fingerprint density at radius 1 is 1.07 bits per heavy atom. The fraction of sp³-hybridized carbons (Fsp3) is 0.263. The molecule has 2 amide bonds. The molecule has 0 bridgehead atoms. The SMILES string of the molecule is COc1ccc(OC)c([C@H](C)NC(=O)CNC(=O)c2ccc(Cl)cc2Cl)c1. The Bertz CT molecular complexity index is 842. The Kier molecular flexibility index (Phi) is 7.33. The van der Waals surface area contributed by atoms with Crippen LogP contribution in [0.4, 0.5) is 0 Å². The highest BCUT2D eigenvalue weighted by molar-refractivity contribution is 6.36. The summed E-state index contributed by atoms with van der Waals surface area (Å²) in [4.78, 5) is 24.4. The molecule has 2 rings (SSSR count). The van der Waals surface area contributed by atoms with Gasteiger partial charge in [0, 0.05) is 10.6 Å². The van der Waals surface area contributed by atoms with Crippen LogP contribution in [0, 0.1) is 0 Å². The number of methoxy groups -OCH3 is 2. The monoisotopic (exact) mass is 410 g/mol. The molecule has 8 heteroatoms. The second kappa shape index (κ2) is 9.48. The summed E-state index contributed by atoms with van der Waals surface area (Å²) >= 11 is 11.8. The van der Waals surface area contributed by atoms with E-state index in [4.69, 9.17) is 32.7 Å². The highest BCUT2D eigenvalue weighted by atomic mass is 35.5. The van der Waals surface area contributed by atoms with Gasteiger partial charge in [-0.1, -0.05) is 23.2 Å². The molecule has 0 saturated carbocycles. The largest absolute Gasteiger partial charge is 0.497 e. The lowest BCUT2D eigenvalue weighted by Gasteiger charge is -2.18. The maximum Gasteiger partial charge on any atom is 0.253 e. The Balaban J connectivity index is 1.98. The van der Waals surface area contributed by atoms with Crippen LogP contribution >= 0.6 is 23.2 Å². The average molecular weight is 411 g/mol. The van der Waals surface area contributed by atoms with Gasteiger partial charge >= 0.3 is 0 Å². The van der Waals surface area contributed by atoms with Gasteiger partial charge in [-0.2, -0.15) is 0 Å². The third-order valence-electron chi connectivity index (χ3n) is 3.87. The topological polar surface area (TPSA) is 76.7 Å². The first-order chi connectivity index (χ1) is 12.8. The van der Waals surface area contributed by atoms with Crippen LogP contribution in [0.25, 0.3) is 0 Å². The number of carbonyl (C=O) groups is 2. The molecule has 0 saturated heterocycles. The fourth-order valence-corrected chi connectivity index (χ4v) is 2.97. The van der Waals surface area contributed by atoms with Crippen LogP contribution in [-0.4, -0.2) is 32.6 Å². The molecule has 0 aromatic heterocycles. The molecule has 0 heterocycles. The van der Waals surface area contributed by atoms with E-state index in [0.29, 0.717) is 16.5 Å². The first kappa shape index (κ1) is 20.9. The second-order valence-electron chi connectivity index (χ2n) is 5.70. The van der Waals surface area contributed by atoms with E-state index in [1.807, 2.05) is 6.92 Å². The van der Waals surface area contributed by atoms with Crippen LogP contribution in [0.2, 0.25) is 10.0 Å². The number of hydrogen-bond acceptors (Lipinski definition) is 4. The quantitative estimate of drug-likeness (QED) is 0.730. The summed E-state index contributed by atoms with van der Waals surface area (Å²) in [5.74, 6) is 0.461. The van der Waals surface area contributed by atoms with Crippen molar-refractivity contribution in [1.82, 2.24) is 10.6 Å². The summed E-state index contributed by atoms with van der Waals surface area (Å²) in [7, 11) is 3.11. The van der Waals surface area contributed by atoms with Crippen molar-refractivity contribution in [3.63, 3.8) is 0 Å². The summed E-state index contributed by atoms with van der Waals surface area (Å²) in [5.41, 5.74) is 1.01. The van der Waals surface area contributed by atoms with E-state index in [1.54, 1.807) is 38.5 Å². The predicted molar refractivity (Wildman–Crippen MR) is 105 cm³/mol. The van der Waals surface area contributed by atoms with Gasteiger partial charge in [-0.05, 0) is 43.3 Å². The van der Waals surface area contributed by atoms with Crippen molar-refractivity contribution in [1.29, 1.82) is 0 Å². The lowest BCUT2D eigenvalue weighted by molar-refractivity contribution is -0.120. The molecule has 0 aliphatic heterocycles. The molecule has 0 spiro atoms. The minimum absolute atomic E-state index is 0.200. The molecule has 0 aliphatic rings. The summed E-state index contributed by atoms with van der Waals surface area (Å²) < 4.78 is 10.5. The van der Waals surface area contributed by atoms with Crippen LogP contribution in [0.1, 0.15) is 28.9 Å². The molecule has 0 radical (unpaired) electrons. The summed E-state index contributed by atoms with van der Waals surface area (Å²) in [5, 5.41) is 5.99. The number of nitrogens with one attached hydrogen (secondary N) is 2. The van der Waals surface area contributed by atoms with Crippen LogP contribution in [-0.2, 0) is 4.79 Å². The van der Waals surface area contributed by atoms with Crippen molar-refractivity contribution >= 4 is 35.0 Å². The maximum atomic E-state index is 12.2. The molecule has 0 aliphatic carbocycles. The molecule has 2 aromatic rings. The van der Waals surface area contributed by atoms with E-state index in [1.165, 1.54) is 12.1 Å². The molecule has 0 fully saturated rings. The Morgan fingerprint density at radius 3 is 2.44 bits per heavy atom. The van der Waals surface area contributed by atoms with Crippen molar-refractivity contribution in [3.8, 4) is 11.5 Å². The number of rotatable bonds is 7. The van der Waals surface area contributed by atoms with Gasteiger partial charge in [0.25, 0.3) is 5.91 Å². The van der Waals surface area contributed by atoms with Gasteiger partial charge in [0.15, 0.2) is 0 Å². The van der Waals surface area contributed by atoms with Crippen molar-refractivity contribution in [2.75, 3.05) is 20.8 Å². The van der Waals surface area contributed by atoms with E-state index < -0.39 is 5.91 Å². The lowest BCUT2D eigenvalue weighted by Crippen LogP contribution is -2.38. The zero-order valence-corrected chi connectivity index (χ0v) is 16.6. The molecule has 144 valence electrons. The van der Waals surface area contributed by atoms with Crippen LogP contribution < -0.4 is 20.1 Å². The molecule has 6 nitrogen and oxygen atoms in total. The van der Waals surface area contributed by atoms with Gasteiger partial charge in [-0.15, -0.1) is 0 Å². The molecule has 27 heavy (non-hydrogen) atoms. The maximum absolute atomic E-state index is 12.2. The molecular formula is C19H20Cl2N2O4. The number of carbonyl (C=O) groups excluding carboxylic acids is 2. The average Bonchev–Trinajstić information content (AvgIpc) is 2.65. The normalized spacial score (nSPS) is 11.4. The highest BCUT2D eigenvalue weighted by Crippen LogP contribution is 2.29. The van der Waals surface area contributed by atoms with Gasteiger partial charge in [-0.3, -0.25) is 9.59 Å². The number of benzene rings is 2. The van der Waals surface area contributed by atoms with Crippen molar-refractivity contribution in [2.45, 2.75) is 13.0 Å². The zero-order chi connectivity index (χ0) is 20.0. The van der Waals surface area contributed by atoms with Crippen LogP contribution in [0.5, 0.6) is 11.5 Å². The minimum atomic E-state index is -0.460. The number of hydrogen-bond donors (Lipinski definition) is 2. The van der Waals surface area contributed by atoms with Gasteiger partial charge in [0.1, 0.15) is 11.5 Å². The Morgan fingerprint density at radius 2 is 1.81 bits per heavy atom. The smallest absolute Gasteiger partial charge is 0.253 e. The van der Waals surface area contributed by atoms with Crippen molar-refractivity contribution in [2.24, 2.45) is 0 Å². The number of ether oxygens (including phenoxy) is 2. The predicted octanol–water partition coefficient (Wildman–Crippen LogP) is 3.62. The molecule has 1 atom stereocenters. The highest BCUT2D eigenvalue weighted by Gasteiger charge is 2.17. The van der Waals surface area contributed by atoms with E-state index in [9.17, 15) is 9.59 Å². The first-order valence-corrected chi connectivity index (χ1v) is 8.85. The second-order valence-corrected chi connectivity index (χ2v) is 6.55. The lowest BCUT2D eigenvalue weighted by atomic mass is 10.1. The van der Waals surface area contributed by atoms with Gasteiger partial charge in [0.05, 0.1) is 37.4 Å². The fourth-order valence-electron chi connectivity index (χ4n) is 2.48. The van der Waals surface area contributed by atoms with Gasteiger partial charge in [-0.25, -0.2) is 0 Å². The Hall–Kier alpha value is -2.44. The third kappa shape index (κ3) is 5.52. The van der Waals surface area contributed by atoms with Gasteiger partial charge in [0.2, 0.25) is 5.91 Å². The van der Waals surface area contributed by atoms with Crippen molar-refractivity contribution < 1.29 is 19.1 Å². The number of amides is 2. The van der Waals surface area contributed by atoms with Crippen molar-refractivity contribution in [3.05, 3.63) is 57.6 Å². The standard InChI is InChI=1S/C19H20Cl2N2O4/c1-11(15-9-13(26-2)5-7-17(15)27-3)23-18(24)10-22-19(25)14-6-4-12(20)8-16(14)21/h4-9,11H,10H2,1-3H3,(H,22,25)(H,23,24)/t11-/m0/s1. The first-order valence-electron chi connectivity index (χ1n) is 8.10. The van der Waals surface area contributed by atoms with E-state index in [2.05, 4.69) is 10.6 Å². The number of halogens is 2. The van der Waals surface area contributed by atoms with E-state index >= 15 is 0 Å². The van der Waals surface area contributed by atoms with Crippen LogP contribution in [0.15, 0.2) is 36.4 Å². The van der Waals surface area contributed by atoms with Gasteiger partial charge < -0.3 is 20.1 Å². The Labute approximate surface area is 167 Å². The molecule has 2 N–H and O–H groups in total. The molecular weight excluding hydrogens is 391 g/mol. The third-order valence-corrected chi connectivity index (χ3v) is 4.41. The summed E-state index contributed by atoms with van der Waals surface area (Å²) in [6.07, 6.45) is 0. The van der Waals surface area contributed by atoms with Crippen LogP contribution in [0.3, 0.4) is 0 Å². The summed E-state index contributed by atoms with van der Waals surface area (Å²) in [6.45, 7) is 1.61. The zero-order valence-electron chi connectivity index (χ0n) is 15.1. The molecule has 2 aromatic carbocycles. The minimum Gasteiger partial charge on any atom is -0.497 e. The van der Waals surface area contributed by atoms with E-state index in [0.717, 1.165) is 5.56 Å². The summed E-state index contributed by atoms with van der Waals surface area (Å²) in [6, 6.07) is 9.50. The molecule has 0 unspecified atom stereocenters. The van der Waals surface area contributed by atoms with E-state index in [-0.39, 0.29) is 29.1 Å².